The predicted octanol–water partition coefficient (Wildman–Crippen LogP) is 5.34. The van der Waals surface area contributed by atoms with Crippen molar-refractivity contribution >= 4 is 39.1 Å². The van der Waals surface area contributed by atoms with Crippen molar-refractivity contribution in [1.29, 1.82) is 0 Å². The van der Waals surface area contributed by atoms with Gasteiger partial charge in [0.1, 0.15) is 0 Å². The first kappa shape index (κ1) is 25.0. The quantitative estimate of drug-likeness (QED) is 0.586. The zero-order valence-electron chi connectivity index (χ0n) is 18.9. The fourth-order valence-corrected chi connectivity index (χ4v) is 6.51. The van der Waals surface area contributed by atoms with E-state index in [1.807, 2.05) is 6.92 Å². The third-order valence-electron chi connectivity index (χ3n) is 6.31. The van der Waals surface area contributed by atoms with Crippen LogP contribution in [0.15, 0.2) is 30.3 Å². The number of hydrogen-bond donors (Lipinski definition) is 1. The van der Waals surface area contributed by atoms with Crippen LogP contribution in [0.3, 0.4) is 0 Å². The zero-order valence-corrected chi connectivity index (χ0v) is 21.2. The fourth-order valence-electron chi connectivity index (χ4n) is 4.20. The summed E-state index contributed by atoms with van der Waals surface area (Å²) in [4.78, 5) is 12.9. The molecule has 1 saturated heterocycles. The summed E-state index contributed by atoms with van der Waals surface area (Å²) in [5.74, 6) is -0.480. The van der Waals surface area contributed by atoms with Crippen molar-refractivity contribution < 1.29 is 13.2 Å². The van der Waals surface area contributed by atoms with Gasteiger partial charge in [-0.25, -0.2) is 12.7 Å². The number of amides is 1. The maximum absolute atomic E-state index is 12.9. The lowest BCUT2D eigenvalue weighted by Gasteiger charge is -2.31. The van der Waals surface area contributed by atoms with Gasteiger partial charge in [-0.3, -0.25) is 4.79 Å². The predicted molar refractivity (Wildman–Crippen MR) is 131 cm³/mol. The second kappa shape index (κ2) is 10.1. The Morgan fingerprint density at radius 3 is 2.22 bits per heavy atom. The molecule has 2 aromatic carbocycles. The van der Waals surface area contributed by atoms with E-state index in [9.17, 15) is 13.2 Å². The third-order valence-corrected chi connectivity index (χ3v) is 8.83. The van der Waals surface area contributed by atoms with Crippen LogP contribution < -0.4 is 5.32 Å². The van der Waals surface area contributed by atoms with Gasteiger partial charge >= 0.3 is 0 Å². The minimum absolute atomic E-state index is 0.0266. The number of sulfonamides is 1. The largest absolute Gasteiger partial charge is 0.349 e. The maximum atomic E-state index is 12.9. The molecule has 3 rings (SSSR count). The summed E-state index contributed by atoms with van der Waals surface area (Å²) in [6, 6.07) is 9.12. The number of piperidine rings is 1. The Hall–Kier alpha value is -1.60. The number of halogens is 2. The highest BCUT2D eigenvalue weighted by Crippen LogP contribution is 2.29. The SMILES string of the molecule is Cc1cc(C)c([C@@H](C)NC(=O)C2CCN(S(=O)(=O)Cc3c(Cl)cccc3Cl)CC2)cc1C. The van der Waals surface area contributed by atoms with E-state index in [1.165, 1.54) is 15.4 Å². The van der Waals surface area contributed by atoms with E-state index < -0.39 is 10.0 Å². The second-order valence-corrected chi connectivity index (χ2v) is 11.4. The van der Waals surface area contributed by atoms with Crippen LogP contribution in [0.25, 0.3) is 0 Å². The number of carbonyl (C=O) groups excluding carboxylic acids is 1. The van der Waals surface area contributed by atoms with Crippen molar-refractivity contribution in [1.82, 2.24) is 9.62 Å². The minimum Gasteiger partial charge on any atom is -0.349 e. The molecule has 8 heteroatoms. The monoisotopic (exact) mass is 496 g/mol. The van der Waals surface area contributed by atoms with E-state index in [1.54, 1.807) is 18.2 Å². The molecule has 1 aliphatic heterocycles. The minimum atomic E-state index is -3.58. The number of carbonyl (C=O) groups is 1. The molecule has 0 bridgehead atoms. The molecule has 1 fully saturated rings. The highest BCUT2D eigenvalue weighted by molar-refractivity contribution is 7.88. The van der Waals surface area contributed by atoms with Gasteiger partial charge in [-0.1, -0.05) is 41.4 Å². The molecule has 32 heavy (non-hydrogen) atoms. The van der Waals surface area contributed by atoms with Crippen molar-refractivity contribution in [2.24, 2.45) is 5.92 Å². The van der Waals surface area contributed by atoms with Gasteiger partial charge in [-0.15, -0.1) is 0 Å². The van der Waals surface area contributed by atoms with E-state index in [0.29, 0.717) is 41.5 Å². The first-order valence-corrected chi connectivity index (χ1v) is 13.1. The van der Waals surface area contributed by atoms with Crippen molar-refractivity contribution in [3.8, 4) is 0 Å². The van der Waals surface area contributed by atoms with Crippen molar-refractivity contribution in [3.63, 3.8) is 0 Å². The Balaban J connectivity index is 1.60. The molecule has 0 aliphatic carbocycles. The molecule has 1 amide bonds. The first-order chi connectivity index (χ1) is 15.0. The van der Waals surface area contributed by atoms with Crippen LogP contribution >= 0.6 is 23.2 Å². The molecule has 0 aromatic heterocycles. The molecule has 174 valence electrons. The maximum Gasteiger partial charge on any atom is 0.223 e. The summed E-state index contributed by atoms with van der Waals surface area (Å²) >= 11 is 12.3. The van der Waals surface area contributed by atoms with Crippen LogP contribution in [0.4, 0.5) is 0 Å². The van der Waals surface area contributed by atoms with E-state index in [2.05, 4.69) is 38.2 Å². The second-order valence-electron chi connectivity index (χ2n) is 8.65. The van der Waals surface area contributed by atoms with Crippen LogP contribution in [-0.4, -0.2) is 31.7 Å². The van der Waals surface area contributed by atoms with Crippen molar-refractivity contribution in [2.75, 3.05) is 13.1 Å². The molecule has 2 aromatic rings. The molecule has 1 heterocycles. The average molecular weight is 497 g/mol. The van der Waals surface area contributed by atoms with Crippen LogP contribution in [0.2, 0.25) is 10.0 Å². The normalized spacial score (nSPS) is 16.7. The average Bonchev–Trinajstić information content (AvgIpc) is 2.73. The topological polar surface area (TPSA) is 66.5 Å². The standard InChI is InChI=1S/C24H30Cl2N2O3S/c1-15-12-17(3)20(13-16(15)2)18(4)27-24(29)19-8-10-28(11-9-19)32(30,31)14-21-22(25)6-5-7-23(21)26/h5-7,12-13,18-19H,8-11,14H2,1-4H3,(H,27,29)/t18-/m1/s1. The molecular weight excluding hydrogens is 467 g/mol. The molecule has 1 aliphatic rings. The van der Waals surface area contributed by atoms with Crippen LogP contribution in [0.5, 0.6) is 0 Å². The molecule has 0 radical (unpaired) electrons. The first-order valence-electron chi connectivity index (χ1n) is 10.8. The highest BCUT2D eigenvalue weighted by atomic mass is 35.5. The van der Waals surface area contributed by atoms with Crippen LogP contribution in [0, 0.1) is 26.7 Å². The molecule has 0 unspecified atom stereocenters. The molecule has 0 spiro atoms. The Kier molecular flexibility index (Phi) is 7.92. The van der Waals surface area contributed by atoms with E-state index in [-0.39, 0.29) is 23.6 Å². The molecule has 1 atom stereocenters. The smallest absolute Gasteiger partial charge is 0.223 e. The Labute approximate surface area is 201 Å². The van der Waals surface area contributed by atoms with Gasteiger partial charge in [0.15, 0.2) is 0 Å². The number of rotatable bonds is 6. The molecular formula is C24H30Cl2N2O3S. The number of nitrogens with zero attached hydrogens (tertiary/aromatic N) is 1. The van der Waals surface area contributed by atoms with Gasteiger partial charge in [-0.05, 0) is 74.9 Å². The number of benzene rings is 2. The summed E-state index contributed by atoms with van der Waals surface area (Å²) in [6.45, 7) is 8.80. The van der Waals surface area contributed by atoms with Gasteiger partial charge < -0.3 is 5.32 Å². The Bertz CT molecular complexity index is 1090. The lowest BCUT2D eigenvalue weighted by Crippen LogP contribution is -2.43. The highest BCUT2D eigenvalue weighted by Gasteiger charge is 2.32. The van der Waals surface area contributed by atoms with E-state index in [4.69, 9.17) is 23.2 Å². The van der Waals surface area contributed by atoms with Gasteiger partial charge in [-0.2, -0.15) is 0 Å². The van der Waals surface area contributed by atoms with Gasteiger partial charge in [0.25, 0.3) is 0 Å². The van der Waals surface area contributed by atoms with Crippen LogP contribution in [0.1, 0.15) is 53.6 Å². The Morgan fingerprint density at radius 1 is 1.06 bits per heavy atom. The summed E-state index contributed by atoms with van der Waals surface area (Å²) in [6.07, 6.45) is 0.972. The summed E-state index contributed by atoms with van der Waals surface area (Å²) in [5, 5.41) is 3.80. The van der Waals surface area contributed by atoms with Crippen molar-refractivity contribution in [3.05, 3.63) is 68.2 Å². The van der Waals surface area contributed by atoms with E-state index in [0.717, 1.165) is 11.1 Å². The summed E-state index contributed by atoms with van der Waals surface area (Å²) in [7, 11) is -3.58. The van der Waals surface area contributed by atoms with Gasteiger partial charge in [0.2, 0.25) is 15.9 Å². The molecule has 5 nitrogen and oxygen atoms in total. The number of aryl methyl sites for hydroxylation is 3. The number of hydrogen-bond acceptors (Lipinski definition) is 3. The van der Waals surface area contributed by atoms with Gasteiger partial charge in [0, 0.05) is 34.6 Å². The fraction of sp³-hybridized carbons (Fsp3) is 0.458. The van der Waals surface area contributed by atoms with Crippen molar-refractivity contribution in [2.45, 2.75) is 52.3 Å². The third kappa shape index (κ3) is 5.66. The summed E-state index contributed by atoms with van der Waals surface area (Å²) in [5.41, 5.74) is 5.10. The number of nitrogens with one attached hydrogen (secondary N) is 1. The Morgan fingerprint density at radius 2 is 1.62 bits per heavy atom. The zero-order chi connectivity index (χ0) is 23.6. The summed E-state index contributed by atoms with van der Waals surface area (Å²) < 4.78 is 27.2. The lowest BCUT2D eigenvalue weighted by molar-refractivity contribution is -0.126. The lowest BCUT2D eigenvalue weighted by atomic mass is 9.94. The molecule has 1 N–H and O–H groups in total. The van der Waals surface area contributed by atoms with Gasteiger partial charge in [0.05, 0.1) is 11.8 Å². The van der Waals surface area contributed by atoms with Crippen LogP contribution in [-0.2, 0) is 20.6 Å². The van der Waals surface area contributed by atoms with E-state index >= 15 is 0 Å². The molecule has 0 saturated carbocycles.